The zero-order valence-corrected chi connectivity index (χ0v) is 16.3. The number of nitrogens with zero attached hydrogens (tertiary/aromatic N) is 2. The van der Waals surface area contributed by atoms with Gasteiger partial charge in [0, 0.05) is 31.5 Å². The van der Waals surface area contributed by atoms with Gasteiger partial charge in [-0.25, -0.2) is 0 Å². The molecule has 6 nitrogen and oxygen atoms in total. The molecule has 0 aromatic rings. The van der Waals surface area contributed by atoms with E-state index in [1.54, 1.807) is 6.42 Å². The lowest BCUT2D eigenvalue weighted by molar-refractivity contribution is -0.123. The highest BCUT2D eigenvalue weighted by Crippen LogP contribution is 2.32. The number of carbonyl (C=O) groups excluding carboxylic acids is 2. The van der Waals surface area contributed by atoms with E-state index in [0.717, 1.165) is 38.6 Å². The first-order valence-electron chi connectivity index (χ1n) is 10.6. The Morgan fingerprint density at radius 2 is 1.85 bits per heavy atom. The van der Waals surface area contributed by atoms with E-state index in [1.165, 1.54) is 32.1 Å². The van der Waals surface area contributed by atoms with E-state index in [9.17, 15) is 14.9 Å². The summed E-state index contributed by atoms with van der Waals surface area (Å²) in [6, 6.07) is 2.76. The molecule has 1 aliphatic heterocycles. The molecule has 27 heavy (non-hydrogen) atoms. The lowest BCUT2D eigenvalue weighted by atomic mass is 9.85. The summed E-state index contributed by atoms with van der Waals surface area (Å²) in [4.78, 5) is 26.1. The lowest BCUT2D eigenvalue weighted by Crippen LogP contribution is -2.51. The minimum atomic E-state index is -0.777. The Bertz CT molecular complexity index is 573. The third-order valence-corrected chi connectivity index (χ3v) is 6.85. The predicted molar refractivity (Wildman–Crippen MR) is 103 cm³/mol. The average Bonchev–Trinajstić information content (AvgIpc) is 3.12. The van der Waals surface area contributed by atoms with Crippen LogP contribution in [0.3, 0.4) is 0 Å². The monoisotopic (exact) mass is 373 g/mol. The van der Waals surface area contributed by atoms with Crippen LogP contribution in [0, 0.1) is 29.6 Å². The maximum Gasteiger partial charge on any atom is 0.225 e. The maximum absolute atomic E-state index is 12.4. The molecule has 0 spiro atoms. The number of rotatable bonds is 6. The molecule has 0 bridgehead atoms. The third kappa shape index (κ3) is 5.22. The molecule has 149 valence electrons. The van der Waals surface area contributed by atoms with E-state index in [4.69, 9.17) is 5.73 Å². The van der Waals surface area contributed by atoms with E-state index >= 15 is 0 Å². The van der Waals surface area contributed by atoms with Crippen molar-refractivity contribution in [2.24, 2.45) is 17.6 Å². The number of carbonyl (C=O) groups is 2. The van der Waals surface area contributed by atoms with Gasteiger partial charge in [-0.3, -0.25) is 14.5 Å². The Kier molecular flexibility index (Phi) is 6.75. The van der Waals surface area contributed by atoms with Crippen molar-refractivity contribution < 1.29 is 9.59 Å². The summed E-state index contributed by atoms with van der Waals surface area (Å²) in [6.07, 6.45) is 13.1. The van der Waals surface area contributed by atoms with Crippen LogP contribution in [0.2, 0.25) is 0 Å². The highest BCUT2D eigenvalue weighted by molar-refractivity contribution is 5.85. The number of hydrogen-bond acceptors (Lipinski definition) is 4. The van der Waals surface area contributed by atoms with Gasteiger partial charge in [0.15, 0.2) is 0 Å². The Balaban J connectivity index is 1.46. The molecule has 3 N–H and O–H groups in total. The van der Waals surface area contributed by atoms with Gasteiger partial charge in [0.25, 0.3) is 0 Å². The number of nitriles is 1. The molecule has 1 atom stereocenters. The predicted octanol–water partition coefficient (Wildman–Crippen LogP) is 2.29. The molecule has 2 amide bonds. The van der Waals surface area contributed by atoms with Crippen molar-refractivity contribution >= 4 is 11.8 Å². The van der Waals surface area contributed by atoms with Crippen molar-refractivity contribution in [3.63, 3.8) is 0 Å². The van der Waals surface area contributed by atoms with Crippen LogP contribution in [0.25, 0.3) is 0 Å². The first kappa shape index (κ1) is 20.1. The molecule has 1 saturated heterocycles. The van der Waals surface area contributed by atoms with Gasteiger partial charge in [-0.1, -0.05) is 32.1 Å². The highest BCUT2D eigenvalue weighted by Gasteiger charge is 2.42. The van der Waals surface area contributed by atoms with Crippen molar-refractivity contribution in [2.45, 2.75) is 82.2 Å². The molecule has 3 rings (SSSR count). The Hall–Kier alpha value is -1.61. The summed E-state index contributed by atoms with van der Waals surface area (Å²) in [5.41, 5.74) is 4.64. The summed E-state index contributed by atoms with van der Waals surface area (Å²) in [7, 11) is 0. The van der Waals surface area contributed by atoms with Crippen LogP contribution in [0.15, 0.2) is 0 Å². The molecular formula is C21H33N4O2. The second kappa shape index (κ2) is 9.05. The quantitative estimate of drug-likeness (QED) is 0.746. The van der Waals surface area contributed by atoms with Gasteiger partial charge in [0.1, 0.15) is 5.54 Å². The molecule has 0 aromatic heterocycles. The van der Waals surface area contributed by atoms with Gasteiger partial charge in [0.2, 0.25) is 11.8 Å². The molecule has 1 unspecified atom stereocenters. The lowest BCUT2D eigenvalue weighted by Gasteiger charge is -2.34. The van der Waals surface area contributed by atoms with Crippen molar-refractivity contribution in [1.82, 2.24) is 10.2 Å². The van der Waals surface area contributed by atoms with Gasteiger partial charge >= 0.3 is 0 Å². The molecular weight excluding hydrogens is 340 g/mol. The van der Waals surface area contributed by atoms with Crippen molar-refractivity contribution in [3.05, 3.63) is 6.42 Å². The van der Waals surface area contributed by atoms with Crippen LogP contribution < -0.4 is 11.1 Å². The van der Waals surface area contributed by atoms with Crippen molar-refractivity contribution in [3.8, 4) is 6.07 Å². The largest absolute Gasteiger partial charge is 0.369 e. The Labute approximate surface area is 162 Å². The zero-order chi connectivity index (χ0) is 19.3. The van der Waals surface area contributed by atoms with Gasteiger partial charge in [-0.15, -0.1) is 0 Å². The van der Waals surface area contributed by atoms with Crippen LogP contribution in [0.5, 0.6) is 0 Å². The summed E-state index contributed by atoms with van der Waals surface area (Å²) in [5.74, 6) is 0.338. The summed E-state index contributed by atoms with van der Waals surface area (Å²) in [5, 5.41) is 12.8. The summed E-state index contributed by atoms with van der Waals surface area (Å²) < 4.78 is 0. The number of nitrogens with two attached hydrogens (primary N) is 1. The van der Waals surface area contributed by atoms with Crippen LogP contribution in [-0.2, 0) is 9.59 Å². The molecule has 3 fully saturated rings. The second-order valence-corrected chi connectivity index (χ2v) is 8.76. The number of primary amides is 1. The molecule has 1 radical (unpaired) electrons. The van der Waals surface area contributed by atoms with Crippen molar-refractivity contribution in [2.75, 3.05) is 13.1 Å². The van der Waals surface area contributed by atoms with Crippen molar-refractivity contribution in [1.29, 1.82) is 5.26 Å². The number of hydrogen-bond donors (Lipinski definition) is 2. The molecule has 6 heteroatoms. The van der Waals surface area contributed by atoms with Crippen LogP contribution >= 0.6 is 0 Å². The molecule has 1 heterocycles. The van der Waals surface area contributed by atoms with Gasteiger partial charge in [0.05, 0.1) is 6.07 Å². The number of nitrogens with one attached hydrogen (secondary N) is 1. The van der Waals surface area contributed by atoms with E-state index in [1.807, 2.05) is 0 Å². The zero-order valence-electron chi connectivity index (χ0n) is 16.3. The Morgan fingerprint density at radius 3 is 2.48 bits per heavy atom. The molecule has 2 saturated carbocycles. The maximum atomic E-state index is 12.4. The van der Waals surface area contributed by atoms with Crippen LogP contribution in [0.1, 0.15) is 70.6 Å². The second-order valence-electron chi connectivity index (χ2n) is 8.76. The Morgan fingerprint density at radius 1 is 1.15 bits per heavy atom. The number of amides is 2. The normalized spacial score (nSPS) is 32.7. The standard InChI is InChI=1S/C21H33N4O2/c22-14-21(24-19(26)11-6-16-4-2-1-3-5-16)12-13-25(15-21)18-9-7-17(8-10-18)20(23)27/h11,16-18H,1-10,12-13,15H2,(H2,23,27)(H,24,26)/t17-,18+,21?. The third-order valence-electron chi connectivity index (χ3n) is 6.85. The summed E-state index contributed by atoms with van der Waals surface area (Å²) in [6.45, 7) is 1.40. The van der Waals surface area contributed by atoms with E-state index in [2.05, 4.69) is 16.3 Å². The van der Waals surface area contributed by atoms with Gasteiger partial charge in [-0.2, -0.15) is 5.26 Å². The van der Waals surface area contributed by atoms with Gasteiger partial charge < -0.3 is 11.1 Å². The van der Waals surface area contributed by atoms with E-state index < -0.39 is 5.54 Å². The first-order chi connectivity index (χ1) is 13.0. The fourth-order valence-corrected chi connectivity index (χ4v) is 5.08. The highest BCUT2D eigenvalue weighted by atomic mass is 16.2. The van der Waals surface area contributed by atoms with Crippen LogP contribution in [0.4, 0.5) is 0 Å². The first-order valence-corrected chi connectivity index (χ1v) is 10.6. The van der Waals surface area contributed by atoms with Gasteiger partial charge in [-0.05, 0) is 44.4 Å². The van der Waals surface area contributed by atoms with E-state index in [-0.39, 0.29) is 17.7 Å². The fourth-order valence-electron chi connectivity index (χ4n) is 5.08. The minimum absolute atomic E-state index is 0.00123. The average molecular weight is 374 g/mol. The topological polar surface area (TPSA) is 99.2 Å². The fraction of sp³-hybridized carbons (Fsp3) is 0.810. The smallest absolute Gasteiger partial charge is 0.225 e. The molecule has 0 aromatic carbocycles. The summed E-state index contributed by atoms with van der Waals surface area (Å²) >= 11 is 0. The molecule has 3 aliphatic rings. The SMILES string of the molecule is N#CC1(NC(=O)[CH]CC2CCCCC2)CCN([C@H]2CC[C@@H](C(N)=O)CC2)C1. The number of likely N-dealkylation sites (tertiary alicyclic amines) is 1. The molecule has 2 aliphatic carbocycles. The minimum Gasteiger partial charge on any atom is -0.369 e. The van der Waals surface area contributed by atoms with E-state index in [0.29, 0.717) is 24.9 Å². The van der Waals surface area contributed by atoms with Crippen LogP contribution in [-0.4, -0.2) is 41.4 Å².